The molecule has 1 aliphatic carbocycles. The van der Waals surface area contributed by atoms with Gasteiger partial charge >= 0.3 is 0 Å². The average molecular weight is 515 g/mol. The lowest BCUT2D eigenvalue weighted by Gasteiger charge is -2.32. The van der Waals surface area contributed by atoms with Gasteiger partial charge in [-0.3, -0.25) is 10.3 Å². The normalized spacial score (nSPS) is 22.1. The van der Waals surface area contributed by atoms with Crippen molar-refractivity contribution in [2.45, 2.75) is 57.5 Å². The van der Waals surface area contributed by atoms with Crippen molar-refractivity contribution in [2.75, 3.05) is 20.2 Å². The largest absolute Gasteiger partial charge is 0.468 e. The number of hydrogen-bond donors (Lipinski definition) is 1. The standard InChI is InChI=1S/C30H34N4O2S/c1-20-10-11-21(2)25(17-20)32-29(35-3)34-15-12-23(13-16-34)28-31-27(19-37-28)26-18-30(36-33-26)14-6-8-22-7-4-5-9-24(22)30/h4-5,7,9-11,17-19,23,33H,6,8,12-16H2,1-3H3. The Bertz CT molecular complexity index is 1360. The molecule has 37 heavy (non-hydrogen) atoms. The van der Waals surface area contributed by atoms with Crippen molar-refractivity contribution in [3.63, 3.8) is 0 Å². The number of amidine groups is 1. The summed E-state index contributed by atoms with van der Waals surface area (Å²) in [5.41, 5.74) is 10.8. The van der Waals surface area contributed by atoms with Crippen molar-refractivity contribution in [3.8, 4) is 0 Å². The fourth-order valence-corrected chi connectivity index (χ4v) is 6.74. The van der Waals surface area contributed by atoms with Crippen LogP contribution in [0.4, 0.5) is 5.69 Å². The van der Waals surface area contributed by atoms with Gasteiger partial charge < -0.3 is 9.64 Å². The van der Waals surface area contributed by atoms with E-state index in [1.165, 1.54) is 21.7 Å². The monoisotopic (exact) mass is 514 g/mol. The fourth-order valence-electron chi connectivity index (χ4n) is 5.75. The van der Waals surface area contributed by atoms with E-state index in [1.54, 1.807) is 18.4 Å². The molecule has 3 aromatic rings. The molecule has 6 rings (SSSR count). The van der Waals surface area contributed by atoms with Crippen LogP contribution in [0.1, 0.15) is 64.6 Å². The lowest BCUT2D eigenvalue weighted by molar-refractivity contribution is -0.0489. The number of benzene rings is 2. The lowest BCUT2D eigenvalue weighted by atomic mass is 9.79. The molecule has 192 valence electrons. The Hall–Kier alpha value is -3.16. The average Bonchev–Trinajstić information content (AvgIpc) is 3.58. The van der Waals surface area contributed by atoms with E-state index in [1.807, 2.05) is 0 Å². The third kappa shape index (κ3) is 4.66. The van der Waals surface area contributed by atoms with Crippen molar-refractivity contribution < 1.29 is 9.57 Å². The Kier molecular flexibility index (Phi) is 6.51. The highest BCUT2D eigenvalue weighted by Crippen LogP contribution is 2.44. The van der Waals surface area contributed by atoms with Gasteiger partial charge in [0.1, 0.15) is 5.60 Å². The quantitative estimate of drug-likeness (QED) is 0.325. The molecule has 0 radical (unpaired) electrons. The highest BCUT2D eigenvalue weighted by atomic mass is 32.1. The molecule has 1 saturated heterocycles. The number of rotatable bonds is 3. The van der Waals surface area contributed by atoms with Crippen molar-refractivity contribution in [3.05, 3.63) is 86.9 Å². The number of piperidine rings is 1. The smallest absolute Gasteiger partial charge is 0.292 e. The zero-order valence-corrected chi connectivity index (χ0v) is 22.6. The van der Waals surface area contributed by atoms with Gasteiger partial charge in [-0.05, 0) is 80.3 Å². The number of aryl methyl sites for hydroxylation is 3. The molecule has 3 aliphatic rings. The van der Waals surface area contributed by atoms with Crippen molar-refractivity contribution in [2.24, 2.45) is 4.99 Å². The molecule has 2 aliphatic heterocycles. The first-order valence-electron chi connectivity index (χ1n) is 13.2. The summed E-state index contributed by atoms with van der Waals surface area (Å²) in [4.78, 5) is 18.4. The highest BCUT2D eigenvalue weighted by Gasteiger charge is 2.41. The molecule has 3 heterocycles. The minimum Gasteiger partial charge on any atom is -0.468 e. The Morgan fingerprint density at radius 2 is 2.03 bits per heavy atom. The molecule has 1 spiro atoms. The Labute approximate surface area is 223 Å². The van der Waals surface area contributed by atoms with E-state index in [0.717, 1.165) is 67.8 Å². The van der Waals surface area contributed by atoms with E-state index >= 15 is 0 Å². The summed E-state index contributed by atoms with van der Waals surface area (Å²) in [6.07, 6.45) is 7.54. The number of nitrogens with zero attached hydrogens (tertiary/aromatic N) is 3. The molecule has 6 nitrogen and oxygen atoms in total. The molecule has 7 heteroatoms. The summed E-state index contributed by atoms with van der Waals surface area (Å²) >= 11 is 1.76. The van der Waals surface area contributed by atoms with Crippen LogP contribution in [0, 0.1) is 13.8 Å². The highest BCUT2D eigenvalue weighted by molar-refractivity contribution is 7.09. The number of hydroxylamine groups is 1. The SMILES string of the molecule is COC(=Nc1cc(C)ccc1C)N1CCC(c2nc(C3=CC4(CCCc5ccccc54)ON3)cs2)CC1. The number of hydrogen-bond acceptors (Lipinski definition) is 6. The molecular weight excluding hydrogens is 480 g/mol. The van der Waals surface area contributed by atoms with Crippen molar-refractivity contribution in [1.82, 2.24) is 15.4 Å². The molecular formula is C30H34N4O2S. The van der Waals surface area contributed by atoms with Gasteiger partial charge in [-0.2, -0.15) is 4.99 Å². The van der Waals surface area contributed by atoms with Crippen LogP contribution in [0.25, 0.3) is 5.70 Å². The predicted octanol–water partition coefficient (Wildman–Crippen LogP) is 6.38. The van der Waals surface area contributed by atoms with Crippen LogP contribution in [0.2, 0.25) is 0 Å². The van der Waals surface area contributed by atoms with E-state index < -0.39 is 0 Å². The second-order valence-electron chi connectivity index (χ2n) is 10.4. The first-order valence-corrected chi connectivity index (χ1v) is 14.1. The molecule has 1 aromatic heterocycles. The van der Waals surface area contributed by atoms with E-state index in [0.29, 0.717) is 11.9 Å². The molecule has 1 unspecified atom stereocenters. The first kappa shape index (κ1) is 24.2. The summed E-state index contributed by atoms with van der Waals surface area (Å²) < 4.78 is 5.71. The number of thiazole rings is 1. The molecule has 0 saturated carbocycles. The van der Waals surface area contributed by atoms with Gasteiger partial charge in [0.05, 0.1) is 29.2 Å². The molecule has 0 bridgehead atoms. The summed E-state index contributed by atoms with van der Waals surface area (Å²) in [5, 5.41) is 3.37. The minimum atomic E-state index is -0.384. The fraction of sp³-hybridized carbons (Fsp3) is 0.400. The van der Waals surface area contributed by atoms with Crippen LogP contribution in [0.5, 0.6) is 0 Å². The second-order valence-corrected chi connectivity index (χ2v) is 11.3. The van der Waals surface area contributed by atoms with E-state index in [2.05, 4.69) is 78.1 Å². The minimum absolute atomic E-state index is 0.384. The predicted molar refractivity (Wildman–Crippen MR) is 149 cm³/mol. The molecule has 2 aromatic carbocycles. The van der Waals surface area contributed by atoms with Crippen LogP contribution >= 0.6 is 11.3 Å². The van der Waals surface area contributed by atoms with Crippen LogP contribution in [-0.4, -0.2) is 36.1 Å². The van der Waals surface area contributed by atoms with Gasteiger partial charge in [-0.15, -0.1) is 11.3 Å². The third-order valence-corrected chi connectivity index (χ3v) is 8.87. The summed E-state index contributed by atoms with van der Waals surface area (Å²) in [7, 11) is 1.71. The van der Waals surface area contributed by atoms with Crippen molar-refractivity contribution >= 4 is 28.7 Å². The first-order chi connectivity index (χ1) is 18.0. The summed E-state index contributed by atoms with van der Waals surface area (Å²) in [6.45, 7) is 5.99. The number of methoxy groups -OCH3 is 1. The van der Waals surface area contributed by atoms with Gasteiger partial charge in [0.25, 0.3) is 6.02 Å². The van der Waals surface area contributed by atoms with Crippen LogP contribution < -0.4 is 5.48 Å². The molecule has 1 N–H and O–H groups in total. The van der Waals surface area contributed by atoms with E-state index in [4.69, 9.17) is 19.6 Å². The summed E-state index contributed by atoms with van der Waals surface area (Å²) in [6, 6.07) is 15.7. The number of likely N-dealkylation sites (tertiary alicyclic amines) is 1. The zero-order chi connectivity index (χ0) is 25.4. The van der Waals surface area contributed by atoms with Gasteiger partial charge in [-0.1, -0.05) is 36.4 Å². The van der Waals surface area contributed by atoms with Crippen LogP contribution in [0.15, 0.2) is 58.9 Å². The van der Waals surface area contributed by atoms with E-state index in [9.17, 15) is 0 Å². The Balaban J connectivity index is 1.15. The number of fused-ring (bicyclic) bond motifs is 2. The second kappa shape index (κ2) is 9.95. The number of ether oxygens (including phenoxy) is 1. The molecule has 0 amide bonds. The number of nitrogens with one attached hydrogen (secondary N) is 1. The van der Waals surface area contributed by atoms with E-state index in [-0.39, 0.29) is 5.60 Å². The van der Waals surface area contributed by atoms with Gasteiger partial charge in [0.2, 0.25) is 0 Å². The van der Waals surface area contributed by atoms with Crippen LogP contribution in [-0.2, 0) is 21.6 Å². The zero-order valence-electron chi connectivity index (χ0n) is 21.8. The topological polar surface area (TPSA) is 59.0 Å². The maximum Gasteiger partial charge on any atom is 0.292 e. The lowest BCUT2D eigenvalue weighted by Crippen LogP contribution is -2.38. The maximum absolute atomic E-state index is 6.24. The Morgan fingerprint density at radius 1 is 1.19 bits per heavy atom. The number of aromatic nitrogens is 1. The third-order valence-electron chi connectivity index (χ3n) is 7.86. The molecule has 1 atom stereocenters. The van der Waals surface area contributed by atoms with Crippen molar-refractivity contribution in [1.29, 1.82) is 0 Å². The van der Waals surface area contributed by atoms with Gasteiger partial charge in [-0.25, -0.2) is 4.98 Å². The summed E-state index contributed by atoms with van der Waals surface area (Å²) in [5.74, 6) is 0.445. The maximum atomic E-state index is 6.24. The Morgan fingerprint density at radius 3 is 2.86 bits per heavy atom. The van der Waals surface area contributed by atoms with Gasteiger partial charge in [0, 0.05) is 24.4 Å². The number of aliphatic imine (C=N–C) groups is 1. The van der Waals surface area contributed by atoms with Gasteiger partial charge in [0.15, 0.2) is 0 Å². The molecule has 1 fully saturated rings. The van der Waals surface area contributed by atoms with Crippen LogP contribution in [0.3, 0.4) is 0 Å².